The van der Waals surface area contributed by atoms with Gasteiger partial charge in [0.05, 0.1) is 11.9 Å². The molecule has 0 radical (unpaired) electrons. The van der Waals surface area contributed by atoms with E-state index in [2.05, 4.69) is 59.7 Å². The Labute approximate surface area is 176 Å². The van der Waals surface area contributed by atoms with Gasteiger partial charge in [0, 0.05) is 57.8 Å². The number of H-pyrrole nitrogens is 1. The first-order valence-corrected chi connectivity index (χ1v) is 13.2. The molecule has 29 heavy (non-hydrogen) atoms. The summed E-state index contributed by atoms with van der Waals surface area (Å²) in [5.74, 6) is 0. The normalized spacial score (nSPS) is 15.6. The third-order valence-corrected chi connectivity index (χ3v) is 10.3. The molecule has 2 aromatic rings. The van der Waals surface area contributed by atoms with Crippen LogP contribution in [-0.2, 0) is 4.43 Å². The fourth-order valence-corrected chi connectivity index (χ4v) is 3.83. The maximum Gasteiger partial charge on any atom is 0.247 e. The average molecular weight is 417 g/mol. The summed E-state index contributed by atoms with van der Waals surface area (Å²) in [6.07, 6.45) is 5.39. The van der Waals surface area contributed by atoms with Crippen LogP contribution in [0.3, 0.4) is 0 Å². The molecular formula is C22H36N4O2Si. The minimum absolute atomic E-state index is 0.0532. The van der Waals surface area contributed by atoms with Crippen molar-refractivity contribution in [1.82, 2.24) is 14.9 Å². The van der Waals surface area contributed by atoms with Gasteiger partial charge in [-0.15, -0.1) is 0 Å². The predicted molar refractivity (Wildman–Crippen MR) is 123 cm³/mol. The lowest BCUT2D eigenvalue weighted by Crippen LogP contribution is -2.48. The molecule has 1 aliphatic heterocycles. The predicted octanol–water partition coefficient (Wildman–Crippen LogP) is 3.60. The summed E-state index contributed by atoms with van der Waals surface area (Å²) in [5.41, 5.74) is 1.18. The Morgan fingerprint density at radius 1 is 1.10 bits per heavy atom. The van der Waals surface area contributed by atoms with Crippen LogP contribution in [0.25, 0.3) is 0 Å². The van der Waals surface area contributed by atoms with Crippen molar-refractivity contribution in [2.45, 2.75) is 38.9 Å². The number of hydrogen-bond donors (Lipinski definition) is 1. The summed E-state index contributed by atoms with van der Waals surface area (Å²) in [4.78, 5) is 21.8. The first-order valence-electron chi connectivity index (χ1n) is 10.3. The number of aromatic amines is 1. The van der Waals surface area contributed by atoms with Crippen LogP contribution in [0, 0.1) is 0 Å². The second-order valence-corrected chi connectivity index (χ2v) is 13.7. The molecule has 0 saturated carbocycles. The SMILES string of the molecule is CC(C)(C)[Si](C)(C)OCCN1CCN(c2cccnc2)CC1.O=c1cccc[nH]1. The van der Waals surface area contributed by atoms with E-state index in [4.69, 9.17) is 4.43 Å². The van der Waals surface area contributed by atoms with E-state index in [9.17, 15) is 4.79 Å². The van der Waals surface area contributed by atoms with Gasteiger partial charge in [0.15, 0.2) is 8.32 Å². The van der Waals surface area contributed by atoms with Crippen LogP contribution in [0.15, 0.2) is 53.7 Å². The Bertz CT molecular complexity index is 749. The summed E-state index contributed by atoms with van der Waals surface area (Å²) < 4.78 is 6.28. The maximum atomic E-state index is 10.2. The van der Waals surface area contributed by atoms with Gasteiger partial charge >= 0.3 is 0 Å². The number of rotatable bonds is 5. The molecule has 2 aromatic heterocycles. The van der Waals surface area contributed by atoms with Crippen molar-refractivity contribution < 1.29 is 4.43 Å². The highest BCUT2D eigenvalue weighted by molar-refractivity contribution is 6.74. The molecular weight excluding hydrogens is 380 g/mol. The number of aromatic nitrogens is 2. The lowest BCUT2D eigenvalue weighted by Gasteiger charge is -2.38. The van der Waals surface area contributed by atoms with Crippen LogP contribution in [-0.4, -0.2) is 62.5 Å². The third kappa shape index (κ3) is 7.76. The van der Waals surface area contributed by atoms with Crippen LogP contribution in [0.2, 0.25) is 18.1 Å². The van der Waals surface area contributed by atoms with E-state index in [1.807, 2.05) is 18.5 Å². The summed E-state index contributed by atoms with van der Waals surface area (Å²) in [5, 5.41) is 0.298. The molecule has 0 atom stereocenters. The zero-order valence-electron chi connectivity index (χ0n) is 18.5. The van der Waals surface area contributed by atoms with E-state index < -0.39 is 8.32 Å². The third-order valence-electron chi connectivity index (χ3n) is 5.74. The number of piperazine rings is 1. The van der Waals surface area contributed by atoms with Crippen LogP contribution in [0.1, 0.15) is 20.8 Å². The second kappa shape index (κ2) is 10.7. The van der Waals surface area contributed by atoms with Crippen LogP contribution in [0.5, 0.6) is 0 Å². The highest BCUT2D eigenvalue weighted by Gasteiger charge is 2.37. The lowest BCUT2D eigenvalue weighted by molar-refractivity contribution is 0.191. The highest BCUT2D eigenvalue weighted by atomic mass is 28.4. The van der Waals surface area contributed by atoms with Crippen LogP contribution >= 0.6 is 0 Å². The summed E-state index contributed by atoms with van der Waals surface area (Å²) in [6, 6.07) is 9.08. The fourth-order valence-electron chi connectivity index (χ4n) is 2.79. The van der Waals surface area contributed by atoms with Crippen molar-refractivity contribution >= 4 is 14.0 Å². The molecule has 1 aliphatic rings. The van der Waals surface area contributed by atoms with E-state index in [1.165, 1.54) is 11.8 Å². The van der Waals surface area contributed by atoms with Gasteiger partial charge in [-0.1, -0.05) is 26.8 Å². The molecule has 6 nitrogen and oxygen atoms in total. The molecule has 0 spiro atoms. The van der Waals surface area contributed by atoms with Crippen molar-refractivity contribution in [2.24, 2.45) is 0 Å². The van der Waals surface area contributed by atoms with E-state index in [0.717, 1.165) is 39.3 Å². The summed E-state index contributed by atoms with van der Waals surface area (Å²) in [7, 11) is -1.60. The van der Waals surface area contributed by atoms with E-state index in [1.54, 1.807) is 18.3 Å². The molecule has 1 saturated heterocycles. The Balaban J connectivity index is 0.000000360. The van der Waals surface area contributed by atoms with Gasteiger partial charge in [-0.2, -0.15) is 0 Å². The molecule has 0 bridgehead atoms. The Morgan fingerprint density at radius 2 is 1.83 bits per heavy atom. The van der Waals surface area contributed by atoms with Crippen molar-refractivity contribution in [1.29, 1.82) is 0 Å². The maximum absolute atomic E-state index is 10.2. The molecule has 0 amide bonds. The highest BCUT2D eigenvalue weighted by Crippen LogP contribution is 2.36. The molecule has 1 N–H and O–H groups in total. The van der Waals surface area contributed by atoms with E-state index in [0.29, 0.717) is 5.04 Å². The van der Waals surface area contributed by atoms with Gasteiger partial charge in [0.1, 0.15) is 0 Å². The smallest absolute Gasteiger partial charge is 0.247 e. The number of nitrogens with zero attached hydrogens (tertiary/aromatic N) is 3. The number of nitrogens with one attached hydrogen (secondary N) is 1. The molecule has 0 unspecified atom stereocenters. The van der Waals surface area contributed by atoms with E-state index in [-0.39, 0.29) is 5.56 Å². The van der Waals surface area contributed by atoms with Crippen molar-refractivity contribution in [3.63, 3.8) is 0 Å². The molecule has 3 rings (SSSR count). The topological polar surface area (TPSA) is 61.5 Å². The molecule has 3 heterocycles. The zero-order chi connectivity index (χ0) is 21.3. The van der Waals surface area contributed by atoms with Gasteiger partial charge in [-0.3, -0.25) is 14.7 Å². The summed E-state index contributed by atoms with van der Waals surface area (Å²) in [6.45, 7) is 17.8. The molecule has 0 aliphatic carbocycles. The van der Waals surface area contributed by atoms with Crippen LogP contribution < -0.4 is 10.5 Å². The standard InChI is InChI=1S/C17H31N3OSi.C5H5NO/c1-17(2,3)22(4,5)21-14-13-19-9-11-20(12-10-19)16-7-6-8-18-15-16;7-5-3-1-2-4-6-5/h6-8,15H,9-14H2,1-5H3;1-4H,(H,6,7). The Morgan fingerprint density at radius 3 is 2.31 bits per heavy atom. The monoisotopic (exact) mass is 416 g/mol. The van der Waals surface area contributed by atoms with Crippen LogP contribution in [0.4, 0.5) is 5.69 Å². The number of hydrogen-bond acceptors (Lipinski definition) is 5. The lowest BCUT2D eigenvalue weighted by atomic mass is 10.2. The van der Waals surface area contributed by atoms with Crippen molar-refractivity contribution in [3.05, 3.63) is 59.3 Å². The number of pyridine rings is 2. The molecule has 160 valence electrons. The second-order valence-electron chi connectivity index (χ2n) is 8.88. The first-order chi connectivity index (χ1) is 13.7. The fraction of sp³-hybridized carbons (Fsp3) is 0.545. The van der Waals surface area contributed by atoms with Gasteiger partial charge in [-0.25, -0.2) is 0 Å². The minimum Gasteiger partial charge on any atom is -0.416 e. The minimum atomic E-state index is -1.60. The molecule has 0 aromatic carbocycles. The van der Waals surface area contributed by atoms with Gasteiger partial charge in [0.25, 0.3) is 0 Å². The van der Waals surface area contributed by atoms with Crippen molar-refractivity contribution in [2.75, 3.05) is 44.2 Å². The summed E-state index contributed by atoms with van der Waals surface area (Å²) >= 11 is 0. The molecule has 1 fully saturated rings. The molecule has 7 heteroatoms. The first kappa shape index (κ1) is 23.3. The average Bonchev–Trinajstić information content (AvgIpc) is 2.69. The van der Waals surface area contributed by atoms with E-state index >= 15 is 0 Å². The Hall–Kier alpha value is -1.96. The van der Waals surface area contributed by atoms with Gasteiger partial charge in [-0.05, 0) is 36.3 Å². The van der Waals surface area contributed by atoms with Gasteiger partial charge in [0.2, 0.25) is 5.56 Å². The van der Waals surface area contributed by atoms with Gasteiger partial charge < -0.3 is 14.3 Å². The Kier molecular flexibility index (Phi) is 8.61. The van der Waals surface area contributed by atoms with Crippen molar-refractivity contribution in [3.8, 4) is 0 Å². The largest absolute Gasteiger partial charge is 0.416 e. The zero-order valence-corrected chi connectivity index (χ0v) is 19.5. The quantitative estimate of drug-likeness (QED) is 0.755. The number of anilines is 1.